The van der Waals surface area contributed by atoms with E-state index in [2.05, 4.69) is 21.3 Å². The molecule has 218 valence electrons. The largest absolute Gasteiger partial charge is 0.392 e. The van der Waals surface area contributed by atoms with Gasteiger partial charge in [-0.3, -0.25) is 28.9 Å². The second-order valence-electron chi connectivity index (χ2n) is 8.84. The molecule has 1 aliphatic heterocycles. The number of carbonyl (C=O) groups excluding carboxylic acids is 6. The van der Waals surface area contributed by atoms with Crippen molar-refractivity contribution in [2.75, 3.05) is 38.2 Å². The molecule has 1 heterocycles. The van der Waals surface area contributed by atoms with Crippen LogP contribution in [0.4, 0.5) is 10.5 Å². The number of hydrogen-bond donors (Lipinski definition) is 6. The number of hydrogen-bond acceptors (Lipinski definition) is 8. The Labute approximate surface area is 231 Å². The van der Waals surface area contributed by atoms with Gasteiger partial charge in [0.2, 0.25) is 17.7 Å². The smallest absolute Gasteiger partial charge is 0.312 e. The van der Waals surface area contributed by atoms with Gasteiger partial charge in [-0.2, -0.15) is 0 Å². The zero-order valence-corrected chi connectivity index (χ0v) is 22.4. The molecule has 0 unspecified atom stereocenters. The van der Waals surface area contributed by atoms with Crippen LogP contribution in [0.15, 0.2) is 30.4 Å². The molecular formula is C26H36N6O8. The van der Waals surface area contributed by atoms with E-state index in [-0.39, 0.29) is 52.3 Å². The Morgan fingerprint density at radius 2 is 1.75 bits per heavy atom. The number of aliphatic hydroxyl groups is 1. The monoisotopic (exact) mass is 560 g/mol. The molecule has 40 heavy (non-hydrogen) atoms. The Morgan fingerprint density at radius 3 is 2.40 bits per heavy atom. The van der Waals surface area contributed by atoms with Gasteiger partial charge in [-0.05, 0) is 42.5 Å². The van der Waals surface area contributed by atoms with Gasteiger partial charge in [0.1, 0.15) is 6.04 Å². The summed E-state index contributed by atoms with van der Waals surface area (Å²) < 4.78 is 5.28. The lowest BCUT2D eigenvalue weighted by Crippen LogP contribution is -2.47. The van der Waals surface area contributed by atoms with E-state index in [0.717, 1.165) is 16.0 Å². The first-order valence-electron chi connectivity index (χ1n) is 12.9. The van der Waals surface area contributed by atoms with Crippen LogP contribution in [0, 0.1) is 0 Å². The normalized spacial score (nSPS) is 13.2. The standard InChI is InChI=1S/C26H36N6O8/c1-2-17-14-19(6-5-18(17)16-33)30-25(38)20(4-3-10-28-26(27)39)31-22(35)15-29-21(34)9-12-40-13-11-32-23(36)7-8-24(32)37/h5-8,14,20,33H,2-4,9-13,15-16H2,1H3,(H,29,34)(H,30,38)(H,31,35)(H3,27,28,39)/t20-/m0/s1. The molecule has 1 aromatic rings. The summed E-state index contributed by atoms with van der Waals surface area (Å²) in [5.41, 5.74) is 7.18. The minimum atomic E-state index is -0.962. The topological polar surface area (TPSA) is 209 Å². The van der Waals surface area contributed by atoms with Crippen molar-refractivity contribution in [2.24, 2.45) is 5.73 Å². The number of aliphatic hydroxyl groups excluding tert-OH is 1. The van der Waals surface area contributed by atoms with E-state index in [0.29, 0.717) is 18.5 Å². The van der Waals surface area contributed by atoms with E-state index in [9.17, 15) is 33.9 Å². The summed E-state index contributed by atoms with van der Waals surface area (Å²) in [6.45, 7) is 1.77. The zero-order valence-electron chi connectivity index (χ0n) is 22.4. The molecule has 14 heteroatoms. The molecule has 0 saturated heterocycles. The summed E-state index contributed by atoms with van der Waals surface area (Å²) in [5.74, 6) is -2.39. The van der Waals surface area contributed by atoms with Crippen molar-refractivity contribution >= 4 is 41.3 Å². The molecule has 0 spiro atoms. The molecule has 1 aliphatic rings. The van der Waals surface area contributed by atoms with Gasteiger partial charge in [0.05, 0.1) is 32.9 Å². The van der Waals surface area contributed by atoms with Gasteiger partial charge in [-0.1, -0.05) is 13.0 Å². The number of imide groups is 1. The Hall–Kier alpha value is -4.30. The molecule has 0 bridgehead atoms. The van der Waals surface area contributed by atoms with Crippen molar-refractivity contribution in [3.05, 3.63) is 41.5 Å². The second-order valence-corrected chi connectivity index (χ2v) is 8.84. The molecular weight excluding hydrogens is 524 g/mol. The average molecular weight is 561 g/mol. The van der Waals surface area contributed by atoms with Gasteiger partial charge >= 0.3 is 6.03 Å². The maximum absolute atomic E-state index is 13.0. The molecule has 0 radical (unpaired) electrons. The number of primary amides is 1. The third-order valence-electron chi connectivity index (χ3n) is 5.92. The third-order valence-corrected chi connectivity index (χ3v) is 5.92. The number of urea groups is 1. The Bertz CT molecular complexity index is 1100. The molecule has 0 fully saturated rings. The number of amides is 7. The Kier molecular flexibility index (Phi) is 13.3. The van der Waals surface area contributed by atoms with E-state index >= 15 is 0 Å². The quantitative estimate of drug-likeness (QED) is 0.103. The highest BCUT2D eigenvalue weighted by Crippen LogP contribution is 2.17. The summed E-state index contributed by atoms with van der Waals surface area (Å²) in [6.07, 6.45) is 3.47. The number of nitrogens with one attached hydrogen (secondary N) is 4. The van der Waals surface area contributed by atoms with Crippen LogP contribution >= 0.6 is 0 Å². The third kappa shape index (κ3) is 10.8. The summed E-state index contributed by atoms with van der Waals surface area (Å²) in [4.78, 5) is 72.4. The lowest BCUT2D eigenvalue weighted by atomic mass is 10.0. The molecule has 2 rings (SSSR count). The van der Waals surface area contributed by atoms with Crippen LogP contribution in [0.25, 0.3) is 0 Å². The number of anilines is 1. The van der Waals surface area contributed by atoms with Crippen molar-refractivity contribution in [3.63, 3.8) is 0 Å². The number of carbonyl (C=O) groups is 6. The van der Waals surface area contributed by atoms with E-state index < -0.39 is 41.6 Å². The summed E-state index contributed by atoms with van der Waals surface area (Å²) in [5, 5.41) is 19.7. The molecule has 0 aliphatic carbocycles. The van der Waals surface area contributed by atoms with Crippen LogP contribution in [-0.2, 0) is 41.7 Å². The number of aryl methyl sites for hydroxylation is 1. The van der Waals surface area contributed by atoms with Crippen molar-refractivity contribution in [1.82, 2.24) is 20.9 Å². The van der Waals surface area contributed by atoms with Gasteiger partial charge in [0, 0.05) is 30.8 Å². The van der Waals surface area contributed by atoms with Crippen LogP contribution in [0.2, 0.25) is 0 Å². The highest BCUT2D eigenvalue weighted by molar-refractivity contribution is 6.12. The zero-order chi connectivity index (χ0) is 29.5. The minimum absolute atomic E-state index is 0.0177. The van der Waals surface area contributed by atoms with Crippen LogP contribution in [0.5, 0.6) is 0 Å². The van der Waals surface area contributed by atoms with Gasteiger partial charge in [0.15, 0.2) is 0 Å². The molecule has 7 N–H and O–H groups in total. The maximum Gasteiger partial charge on any atom is 0.312 e. The van der Waals surface area contributed by atoms with E-state index in [1.165, 1.54) is 12.2 Å². The first-order valence-corrected chi connectivity index (χ1v) is 12.9. The van der Waals surface area contributed by atoms with Crippen LogP contribution < -0.4 is 27.0 Å². The summed E-state index contributed by atoms with van der Waals surface area (Å²) in [6, 6.07) is 3.44. The van der Waals surface area contributed by atoms with Gasteiger partial charge < -0.3 is 36.8 Å². The van der Waals surface area contributed by atoms with Crippen molar-refractivity contribution in [3.8, 4) is 0 Å². The van der Waals surface area contributed by atoms with Crippen LogP contribution in [-0.4, -0.2) is 84.5 Å². The van der Waals surface area contributed by atoms with Crippen LogP contribution in [0.3, 0.4) is 0 Å². The van der Waals surface area contributed by atoms with Crippen molar-refractivity contribution < 1.29 is 38.6 Å². The summed E-state index contributed by atoms with van der Waals surface area (Å²) in [7, 11) is 0. The fourth-order valence-corrected chi connectivity index (χ4v) is 3.79. The minimum Gasteiger partial charge on any atom is -0.392 e. The summed E-state index contributed by atoms with van der Waals surface area (Å²) >= 11 is 0. The number of rotatable bonds is 17. The first-order chi connectivity index (χ1) is 19.1. The second kappa shape index (κ2) is 16.6. The van der Waals surface area contributed by atoms with E-state index in [4.69, 9.17) is 10.5 Å². The van der Waals surface area contributed by atoms with E-state index in [1.807, 2.05) is 6.92 Å². The molecule has 0 saturated carbocycles. The number of nitrogens with two attached hydrogens (primary N) is 1. The molecule has 14 nitrogen and oxygen atoms in total. The first kappa shape index (κ1) is 31.9. The SMILES string of the molecule is CCc1cc(NC(=O)[C@H](CCCNC(N)=O)NC(=O)CNC(=O)CCOCCN2C(=O)C=CC2=O)ccc1CO. The lowest BCUT2D eigenvalue weighted by molar-refractivity contribution is -0.138. The van der Waals surface area contributed by atoms with Gasteiger partial charge in [0.25, 0.3) is 11.8 Å². The highest BCUT2D eigenvalue weighted by Gasteiger charge is 2.23. The predicted molar refractivity (Wildman–Crippen MR) is 143 cm³/mol. The number of nitrogens with zero attached hydrogens (tertiary/aromatic N) is 1. The molecule has 1 atom stereocenters. The lowest BCUT2D eigenvalue weighted by Gasteiger charge is -2.19. The Morgan fingerprint density at radius 1 is 1.02 bits per heavy atom. The van der Waals surface area contributed by atoms with Crippen molar-refractivity contribution in [2.45, 2.75) is 45.3 Å². The average Bonchev–Trinajstić information content (AvgIpc) is 3.25. The molecule has 0 aromatic heterocycles. The number of ether oxygens (including phenoxy) is 1. The fourth-order valence-electron chi connectivity index (χ4n) is 3.79. The van der Waals surface area contributed by atoms with Crippen molar-refractivity contribution in [1.29, 1.82) is 0 Å². The molecule has 1 aromatic carbocycles. The maximum atomic E-state index is 13.0. The number of benzene rings is 1. The van der Waals surface area contributed by atoms with Gasteiger partial charge in [-0.25, -0.2) is 4.79 Å². The highest BCUT2D eigenvalue weighted by atomic mass is 16.5. The van der Waals surface area contributed by atoms with E-state index in [1.54, 1.807) is 18.2 Å². The predicted octanol–water partition coefficient (Wildman–Crippen LogP) is -0.939. The van der Waals surface area contributed by atoms with Crippen LogP contribution in [0.1, 0.15) is 37.3 Å². The molecule has 7 amide bonds. The van der Waals surface area contributed by atoms with Gasteiger partial charge in [-0.15, -0.1) is 0 Å². The Balaban J connectivity index is 1.81. The fraction of sp³-hybridized carbons (Fsp3) is 0.462.